The smallest absolute Gasteiger partial charge is 0.280 e. The monoisotopic (exact) mass is 542 g/mol. The number of likely N-dealkylation sites (tertiary alicyclic amines) is 1. The Bertz CT molecular complexity index is 1400. The number of nitrogens with one attached hydrogen (secondary N) is 3. The molecule has 0 spiro atoms. The number of nitrogens with zero attached hydrogens (tertiary/aromatic N) is 3. The number of fused-ring (bicyclic) bond motifs is 2. The van der Waals surface area contributed by atoms with Gasteiger partial charge >= 0.3 is 0 Å². The van der Waals surface area contributed by atoms with Crippen LogP contribution in [0.4, 0.5) is 0 Å². The number of H-pyrrole nitrogens is 1. The van der Waals surface area contributed by atoms with Crippen LogP contribution in [0.3, 0.4) is 0 Å². The first-order chi connectivity index (χ1) is 17.7. The number of carbonyl (C=O) groups excluding carboxylic acids is 4. The van der Waals surface area contributed by atoms with E-state index in [1.807, 2.05) is 7.05 Å². The fraction of sp³-hybridized carbons (Fsp3) is 0.400. The molecule has 3 N–H and O–H groups in total. The first-order valence-electron chi connectivity index (χ1n) is 12.0. The van der Waals surface area contributed by atoms with Gasteiger partial charge in [0.15, 0.2) is 5.01 Å². The maximum Gasteiger partial charge on any atom is 0.280 e. The van der Waals surface area contributed by atoms with Crippen LogP contribution in [0.5, 0.6) is 0 Å². The molecule has 2 aliphatic heterocycles. The first kappa shape index (κ1) is 25.4. The lowest BCUT2D eigenvalue weighted by molar-refractivity contribution is -0.134. The van der Waals surface area contributed by atoms with Gasteiger partial charge in [-0.3, -0.25) is 19.2 Å². The third-order valence-corrected chi connectivity index (χ3v) is 7.97. The van der Waals surface area contributed by atoms with Gasteiger partial charge < -0.3 is 25.4 Å². The number of halogens is 1. The summed E-state index contributed by atoms with van der Waals surface area (Å²) in [6, 6.07) is 5.89. The van der Waals surface area contributed by atoms with Crippen molar-refractivity contribution >= 4 is 57.3 Å². The van der Waals surface area contributed by atoms with E-state index in [9.17, 15) is 19.2 Å². The average molecular weight is 543 g/mol. The van der Waals surface area contributed by atoms with Gasteiger partial charge in [0, 0.05) is 53.4 Å². The van der Waals surface area contributed by atoms with Gasteiger partial charge in [-0.25, -0.2) is 4.98 Å². The van der Waals surface area contributed by atoms with Crippen molar-refractivity contribution < 1.29 is 19.2 Å². The van der Waals surface area contributed by atoms with Crippen LogP contribution < -0.4 is 10.6 Å². The van der Waals surface area contributed by atoms with Crippen LogP contribution in [0.1, 0.15) is 44.2 Å². The van der Waals surface area contributed by atoms with Crippen molar-refractivity contribution in [3.8, 4) is 0 Å². The number of aromatic nitrogens is 2. The Morgan fingerprint density at radius 3 is 2.59 bits per heavy atom. The van der Waals surface area contributed by atoms with Gasteiger partial charge in [0.05, 0.1) is 24.2 Å². The van der Waals surface area contributed by atoms with E-state index in [0.29, 0.717) is 15.7 Å². The molecule has 4 heterocycles. The number of aromatic amines is 1. The van der Waals surface area contributed by atoms with Crippen LogP contribution in [0.2, 0.25) is 5.02 Å². The summed E-state index contributed by atoms with van der Waals surface area (Å²) in [6.45, 7) is 3.36. The van der Waals surface area contributed by atoms with Gasteiger partial charge in [-0.05, 0) is 38.2 Å². The van der Waals surface area contributed by atoms with Gasteiger partial charge in [-0.1, -0.05) is 11.6 Å². The van der Waals surface area contributed by atoms with Gasteiger partial charge in [-0.15, -0.1) is 11.3 Å². The Hall–Kier alpha value is -3.28. The summed E-state index contributed by atoms with van der Waals surface area (Å²) in [5, 5.41) is 7.65. The Morgan fingerprint density at radius 2 is 1.86 bits per heavy atom. The van der Waals surface area contributed by atoms with Crippen LogP contribution >= 0.6 is 22.9 Å². The Balaban J connectivity index is 1.33. The summed E-state index contributed by atoms with van der Waals surface area (Å²) in [5.74, 6) is -1.29. The number of Topliss-reactive ketones (excluding diaryl/α,β-unsaturated/α-hetero) is 1. The second-order valence-electron chi connectivity index (χ2n) is 9.63. The second kappa shape index (κ2) is 10.2. The normalized spacial score (nSPS) is 19.6. The van der Waals surface area contributed by atoms with E-state index in [4.69, 9.17) is 11.6 Å². The van der Waals surface area contributed by atoms with Gasteiger partial charge in [0.25, 0.3) is 11.8 Å². The van der Waals surface area contributed by atoms with Crippen molar-refractivity contribution in [1.82, 2.24) is 30.4 Å². The minimum atomic E-state index is -0.553. The molecule has 12 heteroatoms. The Labute approximate surface area is 222 Å². The summed E-state index contributed by atoms with van der Waals surface area (Å²) in [7, 11) is 2.03. The minimum absolute atomic E-state index is 0.175. The van der Waals surface area contributed by atoms with Crippen molar-refractivity contribution in [2.45, 2.75) is 38.4 Å². The minimum Gasteiger partial charge on any atom is -0.351 e. The molecule has 0 unspecified atom stereocenters. The molecular weight excluding hydrogens is 516 g/mol. The van der Waals surface area contributed by atoms with E-state index >= 15 is 0 Å². The third kappa shape index (κ3) is 5.53. The highest BCUT2D eigenvalue weighted by Crippen LogP contribution is 2.25. The summed E-state index contributed by atoms with van der Waals surface area (Å²) < 4.78 is 0. The molecule has 2 aliphatic rings. The molecule has 0 saturated carbocycles. The third-order valence-electron chi connectivity index (χ3n) is 6.65. The molecule has 3 amide bonds. The van der Waals surface area contributed by atoms with Crippen molar-refractivity contribution in [1.29, 1.82) is 0 Å². The summed E-state index contributed by atoms with van der Waals surface area (Å²) >= 11 is 7.43. The number of carbonyl (C=O) groups is 4. The largest absolute Gasteiger partial charge is 0.351 e. The summed E-state index contributed by atoms with van der Waals surface area (Å²) in [6.07, 6.45) is 0.567. The number of benzene rings is 1. The highest BCUT2D eigenvalue weighted by Gasteiger charge is 2.38. The Morgan fingerprint density at radius 1 is 1.14 bits per heavy atom. The molecule has 2 aromatic heterocycles. The quantitative estimate of drug-likeness (QED) is 0.409. The number of rotatable bonds is 6. The second-order valence-corrected chi connectivity index (χ2v) is 11.1. The van der Waals surface area contributed by atoms with Crippen LogP contribution in [-0.2, 0) is 22.6 Å². The number of amides is 3. The first-order valence-corrected chi connectivity index (χ1v) is 13.2. The molecule has 2 atom stereocenters. The summed E-state index contributed by atoms with van der Waals surface area (Å²) in [4.78, 5) is 62.8. The van der Waals surface area contributed by atoms with E-state index in [-0.39, 0.29) is 43.0 Å². The van der Waals surface area contributed by atoms with E-state index in [1.165, 1.54) is 23.2 Å². The molecule has 194 valence electrons. The summed E-state index contributed by atoms with van der Waals surface area (Å²) in [5.41, 5.74) is 2.05. The van der Waals surface area contributed by atoms with E-state index in [0.717, 1.165) is 41.0 Å². The molecule has 0 bridgehead atoms. The molecule has 0 aliphatic carbocycles. The molecule has 1 aromatic carbocycles. The lowest BCUT2D eigenvalue weighted by atomic mass is 10.1. The van der Waals surface area contributed by atoms with Crippen LogP contribution in [0, 0.1) is 0 Å². The zero-order valence-electron chi connectivity index (χ0n) is 20.5. The molecule has 37 heavy (non-hydrogen) atoms. The highest BCUT2D eigenvalue weighted by molar-refractivity contribution is 7.13. The molecular formula is C25H27ClN6O4S. The lowest BCUT2D eigenvalue weighted by Gasteiger charge is -2.20. The van der Waals surface area contributed by atoms with Crippen molar-refractivity contribution in [3.63, 3.8) is 0 Å². The fourth-order valence-electron chi connectivity index (χ4n) is 4.75. The number of hydrogen-bond acceptors (Lipinski definition) is 7. The zero-order valence-corrected chi connectivity index (χ0v) is 22.0. The van der Waals surface area contributed by atoms with Gasteiger partial charge in [-0.2, -0.15) is 0 Å². The van der Waals surface area contributed by atoms with Crippen LogP contribution in [0.15, 0.2) is 24.3 Å². The van der Waals surface area contributed by atoms with Crippen molar-refractivity contribution in [2.24, 2.45) is 0 Å². The number of hydrogen-bond donors (Lipinski definition) is 3. The standard InChI is InChI=1S/C25H27ClN6O4S/c1-13(33)7-22(34)32-10-19(28-23(35)18-9-14-8-15(26)3-4-16(14)27-18)20(11-32)29-24(36)25-30-17-5-6-31(2)12-21(17)37-25/h3-4,8-9,19-20,27H,5-7,10-12H2,1-2H3,(H,28,35)(H,29,36)/t19-,20-/m1/s1. The molecule has 1 saturated heterocycles. The average Bonchev–Trinajstić information content (AvgIpc) is 3.55. The number of thiazole rings is 1. The van der Waals surface area contributed by atoms with Gasteiger partial charge in [0.2, 0.25) is 5.91 Å². The van der Waals surface area contributed by atoms with Crippen molar-refractivity contribution in [3.05, 3.63) is 50.6 Å². The lowest BCUT2D eigenvalue weighted by Crippen LogP contribution is -2.51. The molecule has 0 radical (unpaired) electrons. The predicted octanol–water partition coefficient (Wildman–Crippen LogP) is 1.98. The predicted molar refractivity (Wildman–Crippen MR) is 140 cm³/mol. The zero-order chi connectivity index (χ0) is 26.3. The van der Waals surface area contributed by atoms with E-state index in [1.54, 1.807) is 24.3 Å². The van der Waals surface area contributed by atoms with E-state index in [2.05, 4.69) is 25.5 Å². The number of ketones is 1. The molecule has 10 nitrogen and oxygen atoms in total. The molecule has 1 fully saturated rings. The SMILES string of the molecule is CC(=O)CC(=O)N1C[C@@H](NC(=O)c2cc3cc(Cl)ccc3[nH]2)[C@H](NC(=O)c2nc3c(s2)CN(C)CC3)C1. The fourth-order valence-corrected chi connectivity index (χ4v) is 6.02. The van der Waals surface area contributed by atoms with Crippen LogP contribution in [0.25, 0.3) is 10.9 Å². The Kier molecular flexibility index (Phi) is 7.02. The molecule has 3 aromatic rings. The maximum absolute atomic E-state index is 13.1. The van der Waals surface area contributed by atoms with E-state index < -0.39 is 12.1 Å². The topological polar surface area (TPSA) is 128 Å². The maximum atomic E-state index is 13.1. The number of likely N-dealkylation sites (N-methyl/N-ethyl adjacent to an activating group) is 1. The van der Waals surface area contributed by atoms with Crippen molar-refractivity contribution in [2.75, 3.05) is 26.7 Å². The highest BCUT2D eigenvalue weighted by atomic mass is 35.5. The molecule has 5 rings (SSSR count). The van der Waals surface area contributed by atoms with Gasteiger partial charge in [0.1, 0.15) is 11.5 Å². The van der Waals surface area contributed by atoms with Crippen LogP contribution in [-0.4, -0.2) is 82.0 Å².